The minimum Gasteiger partial charge on any atom is -0.372 e. The minimum absolute atomic E-state index is 0.0944. The summed E-state index contributed by atoms with van der Waals surface area (Å²) in [4.78, 5) is 28.5. The molecule has 3 N–H and O–H groups in total. The van der Waals surface area contributed by atoms with Crippen LogP contribution in [-0.2, 0) is 4.74 Å². The lowest BCUT2D eigenvalue weighted by Gasteiger charge is -2.35. The Bertz CT molecular complexity index is 883. The maximum atomic E-state index is 13.0. The highest BCUT2D eigenvalue weighted by Gasteiger charge is 2.46. The first-order valence-electron chi connectivity index (χ1n) is 8.33. The second-order valence-corrected chi connectivity index (χ2v) is 6.63. The highest BCUT2D eigenvalue weighted by molar-refractivity contribution is 6.01. The van der Waals surface area contributed by atoms with Gasteiger partial charge in [-0.1, -0.05) is 0 Å². The molecule has 2 aromatic heterocycles. The number of hydrogen-bond acceptors (Lipinski definition) is 5. The molecule has 0 bridgehead atoms. The molecule has 4 rings (SSSR count). The van der Waals surface area contributed by atoms with E-state index in [4.69, 9.17) is 10.5 Å². The fraction of sp³-hybridized carbons (Fsp3) is 0.500. The largest absolute Gasteiger partial charge is 0.372 e. The van der Waals surface area contributed by atoms with E-state index in [2.05, 4.69) is 15.4 Å². The van der Waals surface area contributed by atoms with Gasteiger partial charge in [0.05, 0.1) is 0 Å². The number of alkyl halides is 2. The molecule has 3 heterocycles. The summed E-state index contributed by atoms with van der Waals surface area (Å²) in [7, 11) is 0. The van der Waals surface area contributed by atoms with Crippen LogP contribution in [0.25, 0.3) is 5.65 Å². The zero-order chi connectivity index (χ0) is 18.5. The maximum absolute atomic E-state index is 13.0. The number of primary amides is 1. The van der Waals surface area contributed by atoms with Crippen LogP contribution in [0.3, 0.4) is 0 Å². The Morgan fingerprint density at radius 2 is 2.15 bits per heavy atom. The molecule has 1 aliphatic heterocycles. The van der Waals surface area contributed by atoms with Gasteiger partial charge in [-0.2, -0.15) is 5.10 Å². The molecule has 8 nitrogen and oxygen atoms in total. The number of rotatable bonds is 4. The van der Waals surface area contributed by atoms with Crippen molar-refractivity contribution in [2.75, 3.05) is 6.61 Å². The van der Waals surface area contributed by atoms with Gasteiger partial charge < -0.3 is 15.8 Å². The molecule has 1 saturated heterocycles. The van der Waals surface area contributed by atoms with Crippen molar-refractivity contribution in [3.63, 3.8) is 0 Å². The van der Waals surface area contributed by atoms with E-state index >= 15 is 0 Å². The monoisotopic (exact) mass is 365 g/mol. The van der Waals surface area contributed by atoms with Crippen LogP contribution >= 0.6 is 0 Å². The number of aromatic nitrogens is 3. The predicted molar refractivity (Wildman–Crippen MR) is 84.9 cm³/mol. The third-order valence-electron chi connectivity index (χ3n) is 4.68. The van der Waals surface area contributed by atoms with E-state index in [-0.39, 0.29) is 35.9 Å². The molecule has 0 radical (unpaired) electrons. The third kappa shape index (κ3) is 2.79. The molecule has 1 aliphatic carbocycles. The molecule has 2 aliphatic rings. The normalized spacial score (nSPS) is 22.3. The number of nitrogens with one attached hydrogen (secondary N) is 1. The number of hydrogen-bond donors (Lipinski definition) is 2. The van der Waals surface area contributed by atoms with Crippen LogP contribution in [-0.4, -0.2) is 45.0 Å². The first-order valence-corrected chi connectivity index (χ1v) is 8.33. The van der Waals surface area contributed by atoms with Crippen LogP contribution < -0.4 is 11.1 Å². The zero-order valence-corrected chi connectivity index (χ0v) is 13.7. The van der Waals surface area contributed by atoms with Gasteiger partial charge in [-0.05, 0) is 18.9 Å². The van der Waals surface area contributed by atoms with E-state index in [1.54, 1.807) is 0 Å². The standard InChI is InChI=1S/C16H17F2N5O3/c17-16(18)6-8(7-16)21-15(25)9-3-4-20-14-11(13(19)24)12(22-23(9)14)10-2-1-5-26-10/h3-4,8,10H,1-2,5-7H2,(H2,19,24)(H,21,25). The molecule has 0 spiro atoms. The number of carbonyl (C=O) groups excluding carboxylic acids is 2. The van der Waals surface area contributed by atoms with Crippen LogP contribution in [0, 0.1) is 0 Å². The van der Waals surface area contributed by atoms with Crippen molar-refractivity contribution < 1.29 is 23.1 Å². The number of ether oxygens (including phenoxy) is 1. The van der Waals surface area contributed by atoms with Crippen LogP contribution in [0.1, 0.15) is 58.3 Å². The third-order valence-corrected chi connectivity index (χ3v) is 4.68. The van der Waals surface area contributed by atoms with E-state index in [9.17, 15) is 18.4 Å². The highest BCUT2D eigenvalue weighted by Crippen LogP contribution is 2.37. The van der Waals surface area contributed by atoms with Gasteiger partial charge in [0.25, 0.3) is 17.7 Å². The number of amides is 2. The SMILES string of the molecule is NC(=O)c1c(C2CCCO2)nn2c(C(=O)NC3CC(F)(F)C3)ccnc12. The zero-order valence-electron chi connectivity index (χ0n) is 13.7. The summed E-state index contributed by atoms with van der Waals surface area (Å²) in [6.45, 7) is 0.549. The first kappa shape index (κ1) is 16.8. The average molecular weight is 365 g/mol. The highest BCUT2D eigenvalue weighted by atomic mass is 19.3. The van der Waals surface area contributed by atoms with Gasteiger partial charge in [-0.15, -0.1) is 0 Å². The van der Waals surface area contributed by atoms with Gasteiger partial charge in [0.15, 0.2) is 5.65 Å². The second kappa shape index (κ2) is 5.97. The minimum atomic E-state index is -2.73. The summed E-state index contributed by atoms with van der Waals surface area (Å²) in [6, 6.07) is 0.820. The van der Waals surface area contributed by atoms with Gasteiger partial charge in [0.2, 0.25) is 0 Å². The van der Waals surface area contributed by atoms with Crippen molar-refractivity contribution >= 4 is 17.5 Å². The summed E-state index contributed by atoms with van der Waals surface area (Å²) in [5, 5.41) is 6.89. The fourth-order valence-corrected chi connectivity index (χ4v) is 3.41. The Kier molecular flexibility index (Phi) is 3.87. The van der Waals surface area contributed by atoms with Gasteiger partial charge >= 0.3 is 0 Å². The van der Waals surface area contributed by atoms with E-state index < -0.39 is 23.8 Å². The first-order chi connectivity index (χ1) is 12.4. The lowest BCUT2D eigenvalue weighted by molar-refractivity contribution is -0.0901. The molecule has 2 amide bonds. The summed E-state index contributed by atoms with van der Waals surface area (Å²) in [5.74, 6) is -4.01. The van der Waals surface area contributed by atoms with Crippen molar-refractivity contribution in [2.24, 2.45) is 5.73 Å². The lowest BCUT2D eigenvalue weighted by atomic mass is 9.88. The fourth-order valence-electron chi connectivity index (χ4n) is 3.41. The maximum Gasteiger partial charge on any atom is 0.270 e. The Balaban J connectivity index is 1.71. The molecule has 26 heavy (non-hydrogen) atoms. The molecule has 1 saturated carbocycles. The van der Waals surface area contributed by atoms with E-state index in [1.165, 1.54) is 16.8 Å². The number of nitrogens with zero attached hydrogens (tertiary/aromatic N) is 3. The van der Waals surface area contributed by atoms with E-state index in [0.29, 0.717) is 18.7 Å². The van der Waals surface area contributed by atoms with Crippen LogP contribution in [0.15, 0.2) is 12.3 Å². The van der Waals surface area contributed by atoms with Gasteiger partial charge in [-0.25, -0.2) is 18.3 Å². The smallest absolute Gasteiger partial charge is 0.270 e. The predicted octanol–water partition coefficient (Wildman–Crippen LogP) is 1.21. The van der Waals surface area contributed by atoms with Crippen LogP contribution in [0.5, 0.6) is 0 Å². The molecule has 1 atom stereocenters. The van der Waals surface area contributed by atoms with Gasteiger partial charge in [0.1, 0.15) is 23.1 Å². The number of fused-ring (bicyclic) bond motifs is 1. The van der Waals surface area contributed by atoms with E-state index in [1.807, 2.05) is 0 Å². The quantitative estimate of drug-likeness (QED) is 0.846. The molecule has 2 fully saturated rings. The van der Waals surface area contributed by atoms with Crippen LogP contribution in [0.2, 0.25) is 0 Å². The summed E-state index contributed by atoms with van der Waals surface area (Å²) < 4.78 is 32.7. The number of nitrogens with two attached hydrogens (primary N) is 1. The van der Waals surface area contributed by atoms with Gasteiger partial charge in [0, 0.05) is 31.7 Å². The Hall–Kier alpha value is -2.62. The second-order valence-electron chi connectivity index (χ2n) is 6.63. The number of carbonyl (C=O) groups is 2. The van der Waals surface area contributed by atoms with Gasteiger partial charge in [-0.3, -0.25) is 9.59 Å². The van der Waals surface area contributed by atoms with Crippen molar-refractivity contribution in [1.82, 2.24) is 19.9 Å². The summed E-state index contributed by atoms with van der Waals surface area (Å²) in [6.07, 6.45) is 1.70. The summed E-state index contributed by atoms with van der Waals surface area (Å²) >= 11 is 0. The summed E-state index contributed by atoms with van der Waals surface area (Å²) in [5.41, 5.74) is 6.19. The Morgan fingerprint density at radius 1 is 1.38 bits per heavy atom. The Labute approximate surface area is 146 Å². The molecule has 10 heteroatoms. The molecule has 2 aromatic rings. The van der Waals surface area contributed by atoms with Crippen molar-refractivity contribution in [3.05, 3.63) is 29.2 Å². The van der Waals surface area contributed by atoms with E-state index in [0.717, 1.165) is 6.42 Å². The van der Waals surface area contributed by atoms with Crippen molar-refractivity contribution in [2.45, 2.75) is 43.8 Å². The molecular weight excluding hydrogens is 348 g/mol. The Morgan fingerprint density at radius 3 is 2.77 bits per heavy atom. The van der Waals surface area contributed by atoms with Crippen LogP contribution in [0.4, 0.5) is 8.78 Å². The molecule has 138 valence electrons. The average Bonchev–Trinajstić information content (AvgIpc) is 3.19. The molecule has 0 aromatic carbocycles. The number of halogens is 2. The van der Waals surface area contributed by atoms with Crippen molar-refractivity contribution in [1.29, 1.82) is 0 Å². The molecular formula is C16H17F2N5O3. The lowest BCUT2D eigenvalue weighted by Crippen LogP contribution is -2.50. The van der Waals surface area contributed by atoms with Crippen molar-refractivity contribution in [3.8, 4) is 0 Å². The molecule has 1 unspecified atom stereocenters. The topological polar surface area (TPSA) is 112 Å².